The second-order valence-corrected chi connectivity index (χ2v) is 8.29. The summed E-state index contributed by atoms with van der Waals surface area (Å²) in [4.78, 5) is 26.7. The highest BCUT2D eigenvalue weighted by Gasteiger charge is 2.38. The van der Waals surface area contributed by atoms with Crippen LogP contribution in [0.1, 0.15) is 37.9 Å². The molecule has 1 aromatic carbocycles. The molecule has 2 fully saturated rings. The summed E-state index contributed by atoms with van der Waals surface area (Å²) >= 11 is 3.42. The number of carbonyl (C=O) groups is 2. The topological polar surface area (TPSA) is 62.6 Å². The van der Waals surface area contributed by atoms with Gasteiger partial charge in [-0.2, -0.15) is 0 Å². The maximum absolute atomic E-state index is 12.5. The van der Waals surface area contributed by atoms with Gasteiger partial charge in [0.15, 0.2) is 0 Å². The molecule has 1 aromatic heterocycles. The van der Waals surface area contributed by atoms with Crippen LogP contribution >= 0.6 is 15.9 Å². The van der Waals surface area contributed by atoms with Gasteiger partial charge in [0.1, 0.15) is 11.5 Å². The zero-order chi connectivity index (χ0) is 18.8. The van der Waals surface area contributed by atoms with Crippen LogP contribution in [0.2, 0.25) is 0 Å². The summed E-state index contributed by atoms with van der Waals surface area (Å²) in [5.41, 5.74) is 0.990. The van der Waals surface area contributed by atoms with Gasteiger partial charge in [-0.25, -0.2) is 0 Å². The van der Waals surface area contributed by atoms with Gasteiger partial charge in [0.05, 0.1) is 12.5 Å². The number of hydrogen-bond donors (Lipinski definition) is 1. The van der Waals surface area contributed by atoms with Crippen molar-refractivity contribution in [2.24, 2.45) is 5.92 Å². The van der Waals surface area contributed by atoms with E-state index in [-0.39, 0.29) is 17.7 Å². The second-order valence-electron chi connectivity index (χ2n) is 7.38. The Morgan fingerprint density at radius 2 is 1.89 bits per heavy atom. The number of nitrogens with zero attached hydrogens (tertiary/aromatic N) is 1. The van der Waals surface area contributed by atoms with Crippen molar-refractivity contribution in [3.05, 3.63) is 46.6 Å². The van der Waals surface area contributed by atoms with Crippen molar-refractivity contribution >= 4 is 27.7 Å². The predicted octanol–water partition coefficient (Wildman–Crippen LogP) is 4.12. The molecule has 1 N–H and O–H groups in total. The first-order chi connectivity index (χ1) is 13.1. The molecule has 1 aliphatic heterocycles. The highest BCUT2D eigenvalue weighted by molar-refractivity contribution is 9.10. The van der Waals surface area contributed by atoms with Gasteiger partial charge in [-0.05, 0) is 37.1 Å². The van der Waals surface area contributed by atoms with Gasteiger partial charge in [0.25, 0.3) is 0 Å². The SMILES string of the molecule is O=C(NCc1ccc(-c2ccc(Br)cc2)o1)[C@@H]1CC(=O)N(C2CCCC2)C1. The van der Waals surface area contributed by atoms with E-state index in [4.69, 9.17) is 4.42 Å². The molecule has 2 heterocycles. The molecule has 0 bridgehead atoms. The first-order valence-electron chi connectivity index (χ1n) is 9.52. The van der Waals surface area contributed by atoms with Gasteiger partial charge in [-0.3, -0.25) is 9.59 Å². The van der Waals surface area contributed by atoms with Crippen molar-refractivity contribution in [3.8, 4) is 11.3 Å². The number of halogens is 1. The molecule has 0 radical (unpaired) electrons. The molecule has 6 heteroatoms. The molecule has 2 aromatic rings. The molecule has 0 spiro atoms. The van der Waals surface area contributed by atoms with Crippen molar-refractivity contribution < 1.29 is 14.0 Å². The quantitative estimate of drug-likeness (QED) is 0.775. The number of furan rings is 1. The minimum Gasteiger partial charge on any atom is -0.459 e. The molecule has 2 aliphatic rings. The van der Waals surface area contributed by atoms with E-state index in [1.807, 2.05) is 41.3 Å². The van der Waals surface area contributed by atoms with Gasteiger partial charge in [0, 0.05) is 29.0 Å². The highest BCUT2D eigenvalue weighted by atomic mass is 79.9. The Bertz CT molecular complexity index is 824. The van der Waals surface area contributed by atoms with Crippen LogP contribution in [0.25, 0.3) is 11.3 Å². The first-order valence-corrected chi connectivity index (χ1v) is 10.3. The molecule has 27 heavy (non-hydrogen) atoms. The van der Waals surface area contributed by atoms with Crippen LogP contribution in [0.3, 0.4) is 0 Å². The third-order valence-corrected chi connectivity index (χ3v) is 6.05. The molecular formula is C21H23BrN2O3. The Morgan fingerprint density at radius 1 is 1.15 bits per heavy atom. The third kappa shape index (κ3) is 4.10. The number of nitrogens with one attached hydrogen (secondary N) is 1. The number of rotatable bonds is 5. The molecule has 0 unspecified atom stereocenters. The molecule has 1 atom stereocenters. The van der Waals surface area contributed by atoms with Crippen molar-refractivity contribution in [2.75, 3.05) is 6.54 Å². The van der Waals surface area contributed by atoms with Crippen molar-refractivity contribution in [2.45, 2.75) is 44.7 Å². The van der Waals surface area contributed by atoms with E-state index in [1.165, 1.54) is 12.8 Å². The van der Waals surface area contributed by atoms with Gasteiger partial charge in [0.2, 0.25) is 11.8 Å². The van der Waals surface area contributed by atoms with E-state index in [0.29, 0.717) is 31.3 Å². The zero-order valence-corrected chi connectivity index (χ0v) is 16.7. The van der Waals surface area contributed by atoms with Crippen LogP contribution in [0, 0.1) is 5.92 Å². The first kappa shape index (κ1) is 18.3. The summed E-state index contributed by atoms with van der Waals surface area (Å²) in [6.45, 7) is 0.890. The lowest BCUT2D eigenvalue weighted by molar-refractivity contribution is -0.130. The average Bonchev–Trinajstić information content (AvgIpc) is 3.41. The smallest absolute Gasteiger partial charge is 0.225 e. The Balaban J connectivity index is 1.32. The second kappa shape index (κ2) is 7.89. The fourth-order valence-corrected chi connectivity index (χ4v) is 4.30. The summed E-state index contributed by atoms with van der Waals surface area (Å²) in [5, 5.41) is 2.93. The standard InChI is InChI=1S/C21H23BrN2O3/c22-16-7-5-14(6-8-16)19-10-9-18(27-19)12-23-21(26)15-11-20(25)24(13-15)17-3-1-2-4-17/h5-10,15,17H,1-4,11-13H2,(H,23,26)/t15-/m1/s1. The van der Waals surface area contributed by atoms with E-state index in [1.54, 1.807) is 0 Å². The van der Waals surface area contributed by atoms with Crippen molar-refractivity contribution in [1.82, 2.24) is 10.2 Å². The summed E-state index contributed by atoms with van der Waals surface area (Å²) < 4.78 is 6.86. The summed E-state index contributed by atoms with van der Waals surface area (Å²) in [7, 11) is 0. The summed E-state index contributed by atoms with van der Waals surface area (Å²) in [6.07, 6.45) is 4.84. The molecule has 5 nitrogen and oxygen atoms in total. The van der Waals surface area contributed by atoms with Crippen LogP contribution in [-0.2, 0) is 16.1 Å². The molecule has 2 amide bonds. The van der Waals surface area contributed by atoms with Crippen LogP contribution in [0.5, 0.6) is 0 Å². The van der Waals surface area contributed by atoms with Crippen LogP contribution in [-0.4, -0.2) is 29.3 Å². The molecule has 1 saturated carbocycles. The molecular weight excluding hydrogens is 408 g/mol. The van der Waals surface area contributed by atoms with Crippen LogP contribution in [0.15, 0.2) is 45.3 Å². The monoisotopic (exact) mass is 430 g/mol. The zero-order valence-electron chi connectivity index (χ0n) is 15.1. The molecule has 4 rings (SSSR count). The number of benzene rings is 1. The largest absolute Gasteiger partial charge is 0.459 e. The maximum atomic E-state index is 12.5. The van der Waals surface area contributed by atoms with Gasteiger partial charge < -0.3 is 14.6 Å². The summed E-state index contributed by atoms with van der Waals surface area (Å²) in [5.74, 6) is 1.29. The van der Waals surface area contributed by atoms with Gasteiger partial charge >= 0.3 is 0 Å². The van der Waals surface area contributed by atoms with Gasteiger partial charge in [-0.1, -0.05) is 40.9 Å². The maximum Gasteiger partial charge on any atom is 0.225 e. The normalized spacial score (nSPS) is 20.4. The highest BCUT2D eigenvalue weighted by Crippen LogP contribution is 2.29. The minimum absolute atomic E-state index is 0.0644. The Morgan fingerprint density at radius 3 is 2.63 bits per heavy atom. The van der Waals surface area contributed by atoms with Crippen molar-refractivity contribution in [1.29, 1.82) is 0 Å². The van der Waals surface area contributed by atoms with E-state index < -0.39 is 0 Å². The predicted molar refractivity (Wildman–Crippen MR) is 106 cm³/mol. The Kier molecular flexibility index (Phi) is 5.34. The van der Waals surface area contributed by atoms with Crippen LogP contribution < -0.4 is 5.32 Å². The molecule has 1 aliphatic carbocycles. The van der Waals surface area contributed by atoms with Crippen LogP contribution in [0.4, 0.5) is 0 Å². The number of amides is 2. The van der Waals surface area contributed by atoms with Crippen molar-refractivity contribution in [3.63, 3.8) is 0 Å². The average molecular weight is 431 g/mol. The molecule has 142 valence electrons. The third-order valence-electron chi connectivity index (χ3n) is 5.52. The lowest BCUT2D eigenvalue weighted by atomic mass is 10.1. The lowest BCUT2D eigenvalue weighted by Crippen LogP contribution is -2.36. The number of hydrogen-bond acceptors (Lipinski definition) is 3. The summed E-state index contributed by atoms with van der Waals surface area (Å²) in [6, 6.07) is 12.0. The Labute approximate surface area is 167 Å². The fourth-order valence-electron chi connectivity index (χ4n) is 4.04. The van der Waals surface area contributed by atoms with E-state index in [2.05, 4.69) is 21.2 Å². The lowest BCUT2D eigenvalue weighted by Gasteiger charge is -2.23. The van der Waals surface area contributed by atoms with E-state index in [0.717, 1.165) is 28.6 Å². The van der Waals surface area contributed by atoms with E-state index >= 15 is 0 Å². The van der Waals surface area contributed by atoms with E-state index in [9.17, 15) is 9.59 Å². The molecule has 1 saturated heterocycles. The van der Waals surface area contributed by atoms with Gasteiger partial charge in [-0.15, -0.1) is 0 Å². The number of carbonyl (C=O) groups excluding carboxylic acids is 2. The number of likely N-dealkylation sites (tertiary alicyclic amines) is 1. The fraction of sp³-hybridized carbons (Fsp3) is 0.429. The minimum atomic E-state index is -0.251. The Hall–Kier alpha value is -2.08.